The molecule has 0 bridgehead atoms. The van der Waals surface area contributed by atoms with E-state index in [1.807, 2.05) is 30.3 Å². The summed E-state index contributed by atoms with van der Waals surface area (Å²) in [7, 11) is 0. The zero-order valence-corrected chi connectivity index (χ0v) is 24.1. The molecule has 1 fully saturated rings. The highest BCUT2D eigenvalue weighted by molar-refractivity contribution is 5.89. The largest absolute Gasteiger partial charge is 0.464 e. The molecule has 1 heterocycles. The maximum absolute atomic E-state index is 13.8. The van der Waals surface area contributed by atoms with Gasteiger partial charge < -0.3 is 29.8 Å². The fourth-order valence-electron chi connectivity index (χ4n) is 4.65. The number of unbranched alkanes of at least 4 members (excludes halogenated alkanes) is 1. The summed E-state index contributed by atoms with van der Waals surface area (Å²) in [5.74, 6) is -1.57. The van der Waals surface area contributed by atoms with Gasteiger partial charge in [0.1, 0.15) is 12.1 Å². The number of amides is 1. The van der Waals surface area contributed by atoms with Gasteiger partial charge in [-0.2, -0.15) is 0 Å². The Bertz CT molecular complexity index is 1030. The number of aryl methyl sites for hydroxylation is 1. The molecule has 0 radical (unpaired) electrons. The maximum atomic E-state index is 13.8. The normalized spacial score (nSPS) is 15.7. The molecule has 1 amide bonds. The number of rotatable bonds is 22. The summed E-state index contributed by atoms with van der Waals surface area (Å²) in [6.07, 6.45) is 3.66. The van der Waals surface area contributed by atoms with Crippen LogP contribution in [0.1, 0.15) is 56.9 Å². The van der Waals surface area contributed by atoms with E-state index in [4.69, 9.17) is 15.2 Å². The lowest BCUT2D eigenvalue weighted by atomic mass is 10.0. The molecule has 0 aromatic heterocycles. The Balaban J connectivity index is 2.10. The summed E-state index contributed by atoms with van der Waals surface area (Å²) < 4.78 is 10.6. The summed E-state index contributed by atoms with van der Waals surface area (Å²) in [6.45, 7) is 0.110. The van der Waals surface area contributed by atoms with Crippen molar-refractivity contribution >= 4 is 17.8 Å². The third kappa shape index (κ3) is 13.6. The standard InChI is InChI=1S/C27H41N5O11/c28-15-5-4-11-22(25(33)30-16-6-12-24(30)27(35)41-18-8-20-43-32(38)39)29-23(14-13-21-9-2-1-3-10-21)26(34)40-17-7-19-42-31(36)37/h1-3,9-10,22-24,29H,4-8,11-20,28H2/t22-,23-,24-/m0/s1. The molecular weight excluding hydrogens is 570 g/mol. The van der Waals surface area contributed by atoms with Gasteiger partial charge in [0.25, 0.3) is 10.2 Å². The van der Waals surface area contributed by atoms with Crippen molar-refractivity contribution in [1.29, 1.82) is 0 Å². The van der Waals surface area contributed by atoms with Gasteiger partial charge in [-0.3, -0.25) is 14.9 Å². The Morgan fingerprint density at radius 1 is 0.907 bits per heavy atom. The van der Waals surface area contributed by atoms with Crippen LogP contribution in [0.15, 0.2) is 30.3 Å². The van der Waals surface area contributed by atoms with Gasteiger partial charge in [-0.25, -0.2) is 4.79 Å². The van der Waals surface area contributed by atoms with E-state index in [-0.39, 0.29) is 45.2 Å². The average Bonchev–Trinajstić information content (AvgIpc) is 3.48. The smallest absolute Gasteiger partial charge is 0.328 e. The molecule has 1 saturated heterocycles. The van der Waals surface area contributed by atoms with Crippen molar-refractivity contribution in [2.45, 2.75) is 75.9 Å². The van der Waals surface area contributed by atoms with Crippen molar-refractivity contribution in [1.82, 2.24) is 10.2 Å². The number of nitrogens with two attached hydrogens (primary N) is 1. The first-order chi connectivity index (χ1) is 20.7. The molecule has 3 atom stereocenters. The minimum Gasteiger partial charge on any atom is -0.464 e. The Labute approximate surface area is 249 Å². The van der Waals surface area contributed by atoms with Crippen LogP contribution >= 0.6 is 0 Å². The third-order valence-corrected chi connectivity index (χ3v) is 6.76. The van der Waals surface area contributed by atoms with Gasteiger partial charge in [0.15, 0.2) is 0 Å². The van der Waals surface area contributed by atoms with E-state index in [9.17, 15) is 34.6 Å². The molecule has 240 valence electrons. The van der Waals surface area contributed by atoms with Crippen LogP contribution in [0.4, 0.5) is 0 Å². The Hall–Kier alpha value is -4.05. The lowest BCUT2D eigenvalue weighted by Gasteiger charge is -2.30. The summed E-state index contributed by atoms with van der Waals surface area (Å²) in [6, 6.07) is 6.97. The van der Waals surface area contributed by atoms with Crippen molar-refractivity contribution in [3.63, 3.8) is 0 Å². The molecular formula is C27H41N5O11. The van der Waals surface area contributed by atoms with Crippen LogP contribution < -0.4 is 11.1 Å². The maximum Gasteiger partial charge on any atom is 0.328 e. The quantitative estimate of drug-likeness (QED) is 0.0820. The van der Waals surface area contributed by atoms with Crippen molar-refractivity contribution in [2.24, 2.45) is 5.73 Å². The van der Waals surface area contributed by atoms with E-state index in [0.717, 1.165) is 5.56 Å². The zero-order valence-electron chi connectivity index (χ0n) is 24.1. The number of hydrogen-bond acceptors (Lipinski definition) is 13. The second kappa shape index (κ2) is 20.0. The minimum absolute atomic E-state index is 0.0938. The van der Waals surface area contributed by atoms with Gasteiger partial charge in [-0.15, -0.1) is 20.2 Å². The van der Waals surface area contributed by atoms with Gasteiger partial charge >= 0.3 is 11.9 Å². The van der Waals surface area contributed by atoms with Crippen LogP contribution in [0.2, 0.25) is 0 Å². The summed E-state index contributed by atoms with van der Waals surface area (Å²) in [4.78, 5) is 70.3. The summed E-state index contributed by atoms with van der Waals surface area (Å²) >= 11 is 0. The van der Waals surface area contributed by atoms with Crippen LogP contribution in [-0.2, 0) is 40.0 Å². The second-order valence-electron chi connectivity index (χ2n) is 9.93. The zero-order chi connectivity index (χ0) is 31.5. The third-order valence-electron chi connectivity index (χ3n) is 6.76. The first-order valence-electron chi connectivity index (χ1n) is 14.4. The number of esters is 2. The van der Waals surface area contributed by atoms with Gasteiger partial charge in [0, 0.05) is 19.4 Å². The van der Waals surface area contributed by atoms with Gasteiger partial charge in [0.05, 0.1) is 32.5 Å². The van der Waals surface area contributed by atoms with E-state index in [0.29, 0.717) is 58.0 Å². The molecule has 3 N–H and O–H groups in total. The summed E-state index contributed by atoms with van der Waals surface area (Å²) in [5, 5.41) is 22.0. The number of nitrogens with one attached hydrogen (secondary N) is 1. The first-order valence-corrected chi connectivity index (χ1v) is 14.4. The lowest BCUT2D eigenvalue weighted by molar-refractivity contribution is -0.757. The van der Waals surface area contributed by atoms with E-state index in [2.05, 4.69) is 15.0 Å². The number of carbonyl (C=O) groups excluding carboxylic acids is 3. The molecule has 0 spiro atoms. The SMILES string of the molecule is NCCCC[C@H](N[C@@H](CCc1ccccc1)C(=O)OCCCO[N+](=O)[O-])C(=O)N1CCC[C@H]1C(=O)OCCCO[N+](=O)[O-]. The van der Waals surface area contributed by atoms with Crippen LogP contribution in [0.3, 0.4) is 0 Å². The van der Waals surface area contributed by atoms with Crippen molar-refractivity contribution in [3.05, 3.63) is 56.1 Å². The predicted molar refractivity (Wildman–Crippen MR) is 150 cm³/mol. The molecule has 16 nitrogen and oxygen atoms in total. The highest BCUT2D eigenvalue weighted by Gasteiger charge is 2.39. The second-order valence-corrected chi connectivity index (χ2v) is 9.93. The Morgan fingerprint density at radius 2 is 1.56 bits per heavy atom. The van der Waals surface area contributed by atoms with E-state index in [1.165, 1.54) is 4.90 Å². The van der Waals surface area contributed by atoms with Gasteiger partial charge in [-0.05, 0) is 50.6 Å². The van der Waals surface area contributed by atoms with Crippen molar-refractivity contribution in [3.8, 4) is 0 Å². The topological polar surface area (TPSA) is 216 Å². The molecule has 1 aromatic carbocycles. The number of nitrogens with zero attached hydrogens (tertiary/aromatic N) is 3. The lowest BCUT2D eigenvalue weighted by Crippen LogP contribution is -2.54. The molecule has 2 rings (SSSR count). The van der Waals surface area contributed by atoms with Crippen LogP contribution in [0.5, 0.6) is 0 Å². The van der Waals surface area contributed by atoms with Crippen molar-refractivity contribution < 1.29 is 43.7 Å². The summed E-state index contributed by atoms with van der Waals surface area (Å²) in [5.41, 5.74) is 6.65. The van der Waals surface area contributed by atoms with Crippen LogP contribution in [0, 0.1) is 20.2 Å². The monoisotopic (exact) mass is 611 g/mol. The number of hydrogen-bond donors (Lipinski definition) is 2. The highest BCUT2D eigenvalue weighted by atomic mass is 17.0. The number of benzene rings is 1. The fraction of sp³-hybridized carbons (Fsp3) is 0.667. The molecule has 1 aliphatic rings. The molecule has 16 heteroatoms. The van der Waals surface area contributed by atoms with Gasteiger partial charge in [0.2, 0.25) is 5.91 Å². The number of ether oxygens (including phenoxy) is 2. The van der Waals surface area contributed by atoms with Crippen LogP contribution in [0.25, 0.3) is 0 Å². The molecule has 0 saturated carbocycles. The van der Waals surface area contributed by atoms with E-state index < -0.39 is 40.2 Å². The molecule has 0 unspecified atom stereocenters. The first kappa shape index (κ1) is 35.1. The minimum atomic E-state index is -0.926. The molecule has 0 aliphatic carbocycles. The van der Waals surface area contributed by atoms with Crippen LogP contribution in [-0.4, -0.2) is 90.6 Å². The molecule has 1 aliphatic heterocycles. The highest BCUT2D eigenvalue weighted by Crippen LogP contribution is 2.22. The number of likely N-dealkylation sites (tertiary alicyclic amines) is 1. The Kier molecular flexibility index (Phi) is 16.3. The number of carbonyl (C=O) groups is 3. The molecule has 1 aromatic rings. The Morgan fingerprint density at radius 3 is 2.19 bits per heavy atom. The predicted octanol–water partition coefficient (Wildman–Crippen LogP) is 1.35. The molecule has 43 heavy (non-hydrogen) atoms. The van der Waals surface area contributed by atoms with Crippen molar-refractivity contribution in [2.75, 3.05) is 39.5 Å². The fourth-order valence-corrected chi connectivity index (χ4v) is 4.65. The average molecular weight is 612 g/mol. The van der Waals surface area contributed by atoms with Gasteiger partial charge in [-0.1, -0.05) is 36.8 Å². The van der Waals surface area contributed by atoms with E-state index in [1.54, 1.807) is 0 Å². The van der Waals surface area contributed by atoms with E-state index >= 15 is 0 Å².